The van der Waals surface area contributed by atoms with Gasteiger partial charge in [-0.2, -0.15) is 0 Å². The first-order valence-electron chi connectivity index (χ1n) is 4.91. The maximum absolute atomic E-state index is 9.55. The van der Waals surface area contributed by atoms with Crippen LogP contribution in [0.2, 0.25) is 0 Å². The Labute approximate surface area is 82.6 Å². The summed E-state index contributed by atoms with van der Waals surface area (Å²) in [5.74, 6) is -0.576. The summed E-state index contributed by atoms with van der Waals surface area (Å²) in [5.41, 5.74) is 0. The first-order valence-corrected chi connectivity index (χ1v) is 4.91. The van der Waals surface area contributed by atoms with Crippen molar-refractivity contribution in [1.29, 1.82) is 0 Å². The lowest BCUT2D eigenvalue weighted by atomic mass is 9.76. The van der Waals surface area contributed by atoms with Crippen molar-refractivity contribution in [1.82, 2.24) is 0 Å². The summed E-state index contributed by atoms with van der Waals surface area (Å²) in [6, 6.07) is 0. The van der Waals surface area contributed by atoms with Gasteiger partial charge in [-0.3, -0.25) is 0 Å². The van der Waals surface area contributed by atoms with Crippen molar-refractivity contribution < 1.29 is 25.5 Å². The van der Waals surface area contributed by atoms with Crippen LogP contribution in [0.5, 0.6) is 0 Å². The summed E-state index contributed by atoms with van der Waals surface area (Å²) in [6.07, 6.45) is -5.37. The molecule has 1 fully saturated rings. The van der Waals surface area contributed by atoms with E-state index in [1.165, 1.54) is 0 Å². The SMILES string of the molecule is CCCC1C(O)C(O)C(O)C(O)C1O. The van der Waals surface area contributed by atoms with Crippen molar-refractivity contribution in [2.75, 3.05) is 0 Å². The van der Waals surface area contributed by atoms with E-state index < -0.39 is 36.4 Å². The van der Waals surface area contributed by atoms with Crippen molar-refractivity contribution in [2.45, 2.75) is 50.3 Å². The van der Waals surface area contributed by atoms with Crippen LogP contribution in [0.3, 0.4) is 0 Å². The van der Waals surface area contributed by atoms with E-state index >= 15 is 0 Å². The average Bonchev–Trinajstić information content (AvgIpc) is 2.19. The van der Waals surface area contributed by atoms with Gasteiger partial charge in [0, 0.05) is 5.92 Å². The van der Waals surface area contributed by atoms with Gasteiger partial charge in [-0.05, 0) is 6.42 Å². The highest BCUT2D eigenvalue weighted by molar-refractivity contribution is 4.97. The van der Waals surface area contributed by atoms with E-state index in [1.807, 2.05) is 6.92 Å². The highest BCUT2D eigenvalue weighted by atomic mass is 16.4. The summed E-state index contributed by atoms with van der Waals surface area (Å²) in [6.45, 7) is 1.88. The van der Waals surface area contributed by atoms with Crippen LogP contribution in [-0.4, -0.2) is 56.1 Å². The first-order chi connectivity index (χ1) is 6.50. The molecule has 5 heteroatoms. The van der Waals surface area contributed by atoms with E-state index in [0.717, 1.165) is 6.42 Å². The monoisotopic (exact) mass is 206 g/mol. The predicted molar refractivity (Wildman–Crippen MR) is 48.4 cm³/mol. The van der Waals surface area contributed by atoms with Gasteiger partial charge >= 0.3 is 0 Å². The molecular formula is C9H18O5. The fourth-order valence-electron chi connectivity index (χ4n) is 1.99. The van der Waals surface area contributed by atoms with Crippen LogP contribution >= 0.6 is 0 Å². The second-order valence-electron chi connectivity index (χ2n) is 3.91. The number of hydrogen-bond donors (Lipinski definition) is 5. The third-order valence-corrected chi connectivity index (χ3v) is 2.90. The zero-order valence-corrected chi connectivity index (χ0v) is 8.11. The Bertz CT molecular complexity index is 170. The topological polar surface area (TPSA) is 101 Å². The molecule has 1 rings (SSSR count). The summed E-state index contributed by atoms with van der Waals surface area (Å²) in [5, 5.41) is 47.1. The molecule has 1 aliphatic carbocycles. The Balaban J connectivity index is 2.75. The van der Waals surface area contributed by atoms with Crippen molar-refractivity contribution in [3.8, 4) is 0 Å². The van der Waals surface area contributed by atoms with E-state index in [0.29, 0.717) is 6.42 Å². The second-order valence-corrected chi connectivity index (χ2v) is 3.91. The molecule has 0 aromatic carbocycles. The zero-order valence-electron chi connectivity index (χ0n) is 8.11. The lowest BCUT2D eigenvalue weighted by Gasteiger charge is -2.41. The third kappa shape index (κ3) is 1.92. The van der Waals surface area contributed by atoms with Crippen LogP contribution in [0, 0.1) is 5.92 Å². The molecule has 1 aliphatic rings. The Morgan fingerprint density at radius 1 is 0.714 bits per heavy atom. The average molecular weight is 206 g/mol. The van der Waals surface area contributed by atoms with E-state index in [1.54, 1.807) is 0 Å². The molecule has 4 atom stereocenters. The molecule has 0 amide bonds. The lowest BCUT2D eigenvalue weighted by molar-refractivity contribution is -0.204. The number of hydrogen-bond acceptors (Lipinski definition) is 5. The van der Waals surface area contributed by atoms with Crippen LogP contribution in [-0.2, 0) is 0 Å². The normalized spacial score (nSPS) is 49.3. The Morgan fingerprint density at radius 2 is 1.07 bits per heavy atom. The minimum Gasteiger partial charge on any atom is -0.390 e. The standard InChI is InChI=1S/C9H18O5/c1-2-3-4-5(10)7(12)9(14)8(13)6(4)11/h4-14H,2-3H2,1H3. The molecular weight excluding hydrogens is 188 g/mol. The summed E-state index contributed by atoms with van der Waals surface area (Å²) >= 11 is 0. The van der Waals surface area contributed by atoms with Crippen LogP contribution in [0.4, 0.5) is 0 Å². The molecule has 0 radical (unpaired) electrons. The van der Waals surface area contributed by atoms with Gasteiger partial charge in [-0.15, -0.1) is 0 Å². The van der Waals surface area contributed by atoms with Gasteiger partial charge < -0.3 is 25.5 Å². The minimum absolute atomic E-state index is 0.503. The highest BCUT2D eigenvalue weighted by Gasteiger charge is 2.47. The summed E-state index contributed by atoms with van der Waals surface area (Å²) in [4.78, 5) is 0. The molecule has 0 heterocycles. The molecule has 0 aromatic rings. The summed E-state index contributed by atoms with van der Waals surface area (Å²) in [7, 11) is 0. The van der Waals surface area contributed by atoms with Gasteiger partial charge in [0.05, 0.1) is 12.2 Å². The molecule has 5 nitrogen and oxygen atoms in total. The number of rotatable bonds is 2. The molecule has 14 heavy (non-hydrogen) atoms. The fraction of sp³-hybridized carbons (Fsp3) is 1.00. The van der Waals surface area contributed by atoms with Gasteiger partial charge in [0.25, 0.3) is 0 Å². The number of aliphatic hydroxyl groups is 5. The van der Waals surface area contributed by atoms with Gasteiger partial charge in [0.1, 0.15) is 18.3 Å². The molecule has 1 saturated carbocycles. The van der Waals surface area contributed by atoms with Crippen LogP contribution in [0.1, 0.15) is 19.8 Å². The maximum atomic E-state index is 9.55. The molecule has 0 saturated heterocycles. The quantitative estimate of drug-likeness (QED) is 0.368. The number of aliphatic hydroxyl groups excluding tert-OH is 5. The Kier molecular flexibility index (Phi) is 3.86. The van der Waals surface area contributed by atoms with E-state index in [4.69, 9.17) is 0 Å². The first kappa shape index (κ1) is 11.9. The smallest absolute Gasteiger partial charge is 0.111 e. The molecule has 0 aliphatic heterocycles. The molecule has 0 spiro atoms. The van der Waals surface area contributed by atoms with Crippen molar-refractivity contribution in [3.05, 3.63) is 0 Å². The third-order valence-electron chi connectivity index (χ3n) is 2.90. The summed E-state index contributed by atoms with van der Waals surface area (Å²) < 4.78 is 0. The van der Waals surface area contributed by atoms with Crippen LogP contribution in [0.15, 0.2) is 0 Å². The molecule has 4 unspecified atom stereocenters. The van der Waals surface area contributed by atoms with Crippen molar-refractivity contribution in [3.63, 3.8) is 0 Å². The fourth-order valence-corrected chi connectivity index (χ4v) is 1.99. The van der Waals surface area contributed by atoms with Crippen LogP contribution < -0.4 is 0 Å². The van der Waals surface area contributed by atoms with Gasteiger partial charge in [-0.1, -0.05) is 13.3 Å². The maximum Gasteiger partial charge on any atom is 0.111 e. The molecule has 84 valence electrons. The van der Waals surface area contributed by atoms with Gasteiger partial charge in [0.15, 0.2) is 0 Å². The molecule has 0 bridgehead atoms. The van der Waals surface area contributed by atoms with Crippen molar-refractivity contribution in [2.24, 2.45) is 5.92 Å². The van der Waals surface area contributed by atoms with Crippen LogP contribution in [0.25, 0.3) is 0 Å². The highest BCUT2D eigenvalue weighted by Crippen LogP contribution is 2.29. The lowest BCUT2D eigenvalue weighted by Crippen LogP contribution is -2.60. The Morgan fingerprint density at radius 3 is 1.43 bits per heavy atom. The van der Waals surface area contributed by atoms with Gasteiger partial charge in [0.2, 0.25) is 0 Å². The molecule has 0 aromatic heterocycles. The van der Waals surface area contributed by atoms with E-state index in [2.05, 4.69) is 0 Å². The largest absolute Gasteiger partial charge is 0.390 e. The second kappa shape index (κ2) is 4.55. The van der Waals surface area contributed by atoms with Crippen molar-refractivity contribution >= 4 is 0 Å². The zero-order chi connectivity index (χ0) is 10.9. The Hall–Kier alpha value is -0.200. The van der Waals surface area contributed by atoms with Gasteiger partial charge in [-0.25, -0.2) is 0 Å². The minimum atomic E-state index is -1.48. The van der Waals surface area contributed by atoms with E-state index in [-0.39, 0.29) is 0 Å². The predicted octanol–water partition coefficient (Wildman–Crippen LogP) is -1.78. The molecule has 5 N–H and O–H groups in total. The van der Waals surface area contributed by atoms with E-state index in [9.17, 15) is 25.5 Å².